The van der Waals surface area contributed by atoms with Crippen LogP contribution in [0.1, 0.15) is 26.3 Å². The maximum absolute atomic E-state index is 12.0. The van der Waals surface area contributed by atoms with E-state index >= 15 is 0 Å². The molecule has 0 saturated heterocycles. The number of alkyl halides is 3. The number of halogens is 3. The van der Waals surface area contributed by atoms with Crippen LogP contribution in [0.3, 0.4) is 0 Å². The molecule has 0 radical (unpaired) electrons. The average molecular weight is 333 g/mol. The van der Waals surface area contributed by atoms with Crippen molar-refractivity contribution in [3.05, 3.63) is 29.8 Å². The zero-order chi connectivity index (χ0) is 17.7. The van der Waals surface area contributed by atoms with Gasteiger partial charge in [0.15, 0.2) is 0 Å². The Morgan fingerprint density at radius 1 is 1.09 bits per heavy atom. The number of hydrazine groups is 1. The molecule has 0 spiro atoms. The second-order valence-electron chi connectivity index (χ2n) is 5.63. The number of carbonyl (C=O) groups excluding carboxylic acids is 2. The first-order valence-corrected chi connectivity index (χ1v) is 6.66. The highest BCUT2D eigenvalue weighted by Gasteiger charge is 2.38. The molecule has 0 unspecified atom stereocenters. The molecule has 128 valence electrons. The Morgan fingerprint density at radius 3 is 2.13 bits per heavy atom. The van der Waals surface area contributed by atoms with Gasteiger partial charge in [-0.05, 0) is 38.5 Å². The fourth-order valence-electron chi connectivity index (χ4n) is 1.39. The molecule has 0 saturated carbocycles. The minimum absolute atomic E-state index is 0.199. The molecule has 0 aromatic heterocycles. The van der Waals surface area contributed by atoms with E-state index in [0.717, 1.165) is 0 Å². The molecule has 0 aliphatic carbocycles. The normalized spacial score (nSPS) is 11.6. The molecule has 1 aromatic rings. The lowest BCUT2D eigenvalue weighted by Gasteiger charge is -2.19. The van der Waals surface area contributed by atoms with Crippen LogP contribution in [0.2, 0.25) is 0 Å². The summed E-state index contributed by atoms with van der Waals surface area (Å²) in [5, 5.41) is 2.55. The Morgan fingerprint density at radius 2 is 1.65 bits per heavy atom. The molecule has 0 fully saturated rings. The number of rotatable bonds is 4. The van der Waals surface area contributed by atoms with Crippen LogP contribution in [-0.2, 0) is 16.1 Å². The first kappa shape index (κ1) is 18.6. The van der Waals surface area contributed by atoms with E-state index < -0.39 is 23.8 Å². The number of anilines is 1. The van der Waals surface area contributed by atoms with Gasteiger partial charge in [0, 0.05) is 6.54 Å². The van der Waals surface area contributed by atoms with Crippen LogP contribution < -0.4 is 16.2 Å². The van der Waals surface area contributed by atoms with Crippen LogP contribution in [0, 0.1) is 0 Å². The van der Waals surface area contributed by atoms with E-state index in [0.29, 0.717) is 5.56 Å². The number of hydrogen-bond acceptors (Lipinski definition) is 4. The van der Waals surface area contributed by atoms with Gasteiger partial charge in [0.1, 0.15) is 5.60 Å². The Balaban J connectivity index is 2.45. The predicted molar refractivity (Wildman–Crippen MR) is 77.3 cm³/mol. The summed E-state index contributed by atoms with van der Waals surface area (Å²) < 4.78 is 41.1. The van der Waals surface area contributed by atoms with Crippen molar-refractivity contribution in [2.24, 2.45) is 0 Å². The molecule has 23 heavy (non-hydrogen) atoms. The van der Waals surface area contributed by atoms with Crippen molar-refractivity contribution in [2.75, 3.05) is 5.43 Å². The summed E-state index contributed by atoms with van der Waals surface area (Å²) in [5.41, 5.74) is 4.05. The van der Waals surface area contributed by atoms with Crippen LogP contribution in [-0.4, -0.2) is 23.8 Å². The van der Waals surface area contributed by atoms with Crippen LogP contribution in [0.15, 0.2) is 24.3 Å². The standard InChI is InChI=1S/C14H18F3N3O3/c1-13(2,3)23-12(22)18-8-9-4-6-10(7-5-9)19-20-11(21)14(15,16)17/h4-7,19H,8H2,1-3H3,(H,18,22)(H,20,21). The number of amides is 2. The van der Waals surface area contributed by atoms with Gasteiger partial charge in [0.05, 0.1) is 5.69 Å². The summed E-state index contributed by atoms with van der Waals surface area (Å²) in [6, 6.07) is 6.09. The van der Waals surface area contributed by atoms with E-state index in [4.69, 9.17) is 4.74 Å². The third-order valence-electron chi connectivity index (χ3n) is 2.37. The molecule has 9 heteroatoms. The minimum atomic E-state index is -4.95. The highest BCUT2D eigenvalue weighted by Crippen LogP contribution is 2.15. The summed E-state index contributed by atoms with van der Waals surface area (Å²) in [4.78, 5) is 22.1. The van der Waals surface area contributed by atoms with E-state index in [2.05, 4.69) is 10.7 Å². The lowest BCUT2D eigenvalue weighted by atomic mass is 10.2. The van der Waals surface area contributed by atoms with E-state index in [9.17, 15) is 22.8 Å². The van der Waals surface area contributed by atoms with Crippen molar-refractivity contribution >= 4 is 17.7 Å². The average Bonchev–Trinajstić information content (AvgIpc) is 2.40. The molecule has 3 N–H and O–H groups in total. The quantitative estimate of drug-likeness (QED) is 0.740. The number of alkyl carbamates (subject to hydrolysis) is 1. The molecule has 1 rings (SSSR count). The van der Waals surface area contributed by atoms with Crippen LogP contribution in [0.5, 0.6) is 0 Å². The van der Waals surface area contributed by atoms with Gasteiger partial charge < -0.3 is 10.1 Å². The third-order valence-corrected chi connectivity index (χ3v) is 2.37. The van der Waals surface area contributed by atoms with Gasteiger partial charge >= 0.3 is 18.2 Å². The summed E-state index contributed by atoms with van der Waals surface area (Å²) in [6.45, 7) is 5.41. The smallest absolute Gasteiger partial charge is 0.444 e. The van der Waals surface area contributed by atoms with Crippen LogP contribution in [0.4, 0.5) is 23.7 Å². The van der Waals surface area contributed by atoms with E-state index in [1.54, 1.807) is 32.9 Å². The SMILES string of the molecule is CC(C)(C)OC(=O)NCc1ccc(NNC(=O)C(F)(F)F)cc1. The molecule has 1 aromatic carbocycles. The first-order chi connectivity index (χ1) is 10.5. The molecule has 6 nitrogen and oxygen atoms in total. The van der Waals surface area contributed by atoms with Gasteiger partial charge in [-0.15, -0.1) is 0 Å². The molecular formula is C14H18F3N3O3. The Kier molecular flexibility index (Phi) is 5.83. The van der Waals surface area contributed by atoms with Gasteiger partial charge in [-0.3, -0.25) is 15.6 Å². The number of hydrogen-bond donors (Lipinski definition) is 3. The van der Waals surface area contributed by atoms with Gasteiger partial charge in [-0.1, -0.05) is 12.1 Å². The molecule has 0 heterocycles. The Hall–Kier alpha value is -2.45. The molecular weight excluding hydrogens is 315 g/mol. The summed E-state index contributed by atoms with van der Waals surface area (Å²) in [5.74, 6) is -2.09. The van der Waals surface area contributed by atoms with E-state index in [1.807, 2.05) is 0 Å². The topological polar surface area (TPSA) is 79.5 Å². The van der Waals surface area contributed by atoms with Crippen molar-refractivity contribution < 1.29 is 27.5 Å². The summed E-state index contributed by atoms with van der Waals surface area (Å²) >= 11 is 0. The van der Waals surface area contributed by atoms with Crippen molar-refractivity contribution in [1.82, 2.24) is 10.7 Å². The highest BCUT2D eigenvalue weighted by molar-refractivity contribution is 5.82. The lowest BCUT2D eigenvalue weighted by molar-refractivity contribution is -0.173. The second-order valence-corrected chi connectivity index (χ2v) is 5.63. The van der Waals surface area contributed by atoms with Crippen molar-refractivity contribution in [1.29, 1.82) is 0 Å². The largest absolute Gasteiger partial charge is 0.472 e. The number of benzene rings is 1. The predicted octanol–water partition coefficient (Wildman–Crippen LogP) is 2.72. The molecule has 0 bridgehead atoms. The molecule has 0 aliphatic heterocycles. The monoisotopic (exact) mass is 333 g/mol. The first-order valence-electron chi connectivity index (χ1n) is 6.66. The Bertz CT molecular complexity index is 551. The molecule has 2 amide bonds. The number of carbonyl (C=O) groups is 2. The molecule has 0 atom stereocenters. The van der Waals surface area contributed by atoms with Crippen molar-refractivity contribution in [3.8, 4) is 0 Å². The second kappa shape index (κ2) is 7.21. The summed E-state index contributed by atoms with van der Waals surface area (Å²) in [6.07, 6.45) is -5.53. The zero-order valence-corrected chi connectivity index (χ0v) is 12.9. The highest BCUT2D eigenvalue weighted by atomic mass is 19.4. The van der Waals surface area contributed by atoms with Crippen molar-refractivity contribution in [2.45, 2.75) is 39.1 Å². The zero-order valence-electron chi connectivity index (χ0n) is 12.9. The number of ether oxygens (including phenoxy) is 1. The van der Waals surface area contributed by atoms with E-state index in [-0.39, 0.29) is 12.2 Å². The number of nitrogens with one attached hydrogen (secondary N) is 3. The third kappa shape index (κ3) is 7.39. The lowest BCUT2D eigenvalue weighted by Crippen LogP contribution is -2.40. The van der Waals surface area contributed by atoms with Gasteiger partial charge in [0.2, 0.25) is 0 Å². The van der Waals surface area contributed by atoms with Crippen LogP contribution >= 0.6 is 0 Å². The van der Waals surface area contributed by atoms with Crippen LogP contribution in [0.25, 0.3) is 0 Å². The maximum atomic E-state index is 12.0. The summed E-state index contributed by atoms with van der Waals surface area (Å²) in [7, 11) is 0. The fraction of sp³-hybridized carbons (Fsp3) is 0.429. The van der Waals surface area contributed by atoms with Crippen molar-refractivity contribution in [3.63, 3.8) is 0 Å². The van der Waals surface area contributed by atoms with Gasteiger partial charge in [0.25, 0.3) is 0 Å². The van der Waals surface area contributed by atoms with Gasteiger partial charge in [-0.2, -0.15) is 13.2 Å². The molecule has 0 aliphatic rings. The maximum Gasteiger partial charge on any atom is 0.472 e. The minimum Gasteiger partial charge on any atom is -0.444 e. The fourth-order valence-corrected chi connectivity index (χ4v) is 1.39. The van der Waals surface area contributed by atoms with Gasteiger partial charge in [-0.25, -0.2) is 4.79 Å². The Labute approximate surface area is 131 Å². The van der Waals surface area contributed by atoms with E-state index in [1.165, 1.54) is 17.6 Å².